The number of nitrogens with zero attached hydrogens (tertiary/aromatic N) is 2. The highest BCUT2D eigenvalue weighted by Gasteiger charge is 2.26. The van der Waals surface area contributed by atoms with E-state index in [-0.39, 0.29) is 11.7 Å². The minimum Gasteiger partial charge on any atom is -0.507 e. The van der Waals surface area contributed by atoms with Crippen LogP contribution in [-0.2, 0) is 25.8 Å². The zero-order valence-corrected chi connectivity index (χ0v) is 24.3. The second kappa shape index (κ2) is 13.2. The molecule has 0 saturated heterocycles. The molecule has 206 valence electrons. The maximum Gasteiger partial charge on any atom is 0.255 e. The van der Waals surface area contributed by atoms with Crippen molar-refractivity contribution < 1.29 is 9.90 Å². The Morgan fingerprint density at radius 3 is 2.75 bits per heavy atom. The van der Waals surface area contributed by atoms with E-state index >= 15 is 0 Å². The van der Waals surface area contributed by atoms with Crippen molar-refractivity contribution in [1.29, 1.82) is 5.26 Å². The van der Waals surface area contributed by atoms with Crippen LogP contribution in [0.1, 0.15) is 62.3 Å². The summed E-state index contributed by atoms with van der Waals surface area (Å²) in [4.78, 5) is 20.9. The highest BCUT2D eigenvalue weighted by atomic mass is 32.1. The van der Waals surface area contributed by atoms with Gasteiger partial charge in [0, 0.05) is 45.5 Å². The van der Waals surface area contributed by atoms with Gasteiger partial charge in [0.15, 0.2) is 0 Å². The third kappa shape index (κ3) is 6.61. The maximum atomic E-state index is 12.5. The number of phenols is 1. The number of hydrogen-bond donors (Lipinski definition) is 3. The SMILES string of the molecule is CCC(CCc1sc2c(c1C#N)CCC(NCc1cnc(-c3ccccc3)s1)C2)CNC(=O)c1ccccc1O. The zero-order valence-electron chi connectivity index (χ0n) is 22.7. The lowest BCUT2D eigenvalue weighted by Crippen LogP contribution is -2.33. The van der Waals surface area contributed by atoms with Crippen molar-refractivity contribution in [3.8, 4) is 22.4 Å². The molecule has 5 rings (SSSR count). The summed E-state index contributed by atoms with van der Waals surface area (Å²) in [5.74, 6) is 0.0387. The third-order valence-electron chi connectivity index (χ3n) is 7.65. The van der Waals surface area contributed by atoms with Gasteiger partial charge in [0.1, 0.15) is 16.8 Å². The van der Waals surface area contributed by atoms with E-state index < -0.39 is 0 Å². The third-order valence-corrected chi connectivity index (χ3v) is 10.0. The predicted molar refractivity (Wildman–Crippen MR) is 162 cm³/mol. The first-order valence-electron chi connectivity index (χ1n) is 13.9. The number of carbonyl (C=O) groups is 1. The van der Waals surface area contributed by atoms with E-state index in [1.165, 1.54) is 26.3 Å². The largest absolute Gasteiger partial charge is 0.507 e. The van der Waals surface area contributed by atoms with Crippen molar-refractivity contribution in [2.75, 3.05) is 6.54 Å². The Bertz CT molecular complexity index is 1490. The lowest BCUT2D eigenvalue weighted by molar-refractivity contribution is 0.0943. The Morgan fingerprint density at radius 2 is 1.98 bits per heavy atom. The number of aromatic nitrogens is 1. The van der Waals surface area contributed by atoms with Gasteiger partial charge in [0.25, 0.3) is 5.91 Å². The van der Waals surface area contributed by atoms with Crippen molar-refractivity contribution in [3.63, 3.8) is 0 Å². The van der Waals surface area contributed by atoms with Crippen LogP contribution >= 0.6 is 22.7 Å². The number of thiophene rings is 1. The Labute approximate surface area is 243 Å². The number of aromatic hydroxyl groups is 1. The first kappa shape index (κ1) is 28.0. The number of nitrogens with one attached hydrogen (secondary N) is 2. The van der Waals surface area contributed by atoms with Gasteiger partial charge in [-0.15, -0.1) is 22.7 Å². The summed E-state index contributed by atoms with van der Waals surface area (Å²) in [5, 5.41) is 27.7. The van der Waals surface area contributed by atoms with Crippen molar-refractivity contribution in [2.45, 2.75) is 58.0 Å². The van der Waals surface area contributed by atoms with Gasteiger partial charge >= 0.3 is 0 Å². The second-order valence-electron chi connectivity index (χ2n) is 10.3. The quantitative estimate of drug-likeness (QED) is 0.192. The van der Waals surface area contributed by atoms with Gasteiger partial charge in [0.05, 0.1) is 11.1 Å². The topological polar surface area (TPSA) is 98.0 Å². The fourth-order valence-corrected chi connectivity index (χ4v) is 7.52. The number of carbonyl (C=O) groups excluding carboxylic acids is 1. The number of para-hydroxylation sites is 1. The monoisotopic (exact) mass is 570 g/mol. The number of amides is 1. The molecule has 0 fully saturated rings. The molecule has 3 N–H and O–H groups in total. The highest BCUT2D eigenvalue weighted by Crippen LogP contribution is 2.36. The van der Waals surface area contributed by atoms with E-state index in [0.717, 1.165) is 61.2 Å². The molecule has 8 heteroatoms. The van der Waals surface area contributed by atoms with Crippen molar-refractivity contribution in [1.82, 2.24) is 15.6 Å². The van der Waals surface area contributed by atoms with Gasteiger partial charge in [-0.05, 0) is 55.7 Å². The molecule has 1 aliphatic rings. The number of nitriles is 1. The van der Waals surface area contributed by atoms with E-state index in [1.54, 1.807) is 40.9 Å². The van der Waals surface area contributed by atoms with Crippen LogP contribution in [0.5, 0.6) is 5.75 Å². The molecule has 2 aromatic carbocycles. The Balaban J connectivity index is 1.15. The number of thiazole rings is 1. The number of rotatable bonds is 11. The molecule has 1 aliphatic carbocycles. The number of phenolic OH excluding ortho intramolecular Hbond substituents is 1. The number of fused-ring (bicyclic) bond motifs is 1. The van der Waals surface area contributed by atoms with Crippen LogP contribution in [0.4, 0.5) is 0 Å². The molecular formula is C32H34N4O2S2. The fraction of sp³-hybridized carbons (Fsp3) is 0.344. The van der Waals surface area contributed by atoms with Gasteiger partial charge in [-0.25, -0.2) is 4.98 Å². The molecule has 2 heterocycles. The van der Waals surface area contributed by atoms with E-state index in [4.69, 9.17) is 0 Å². The van der Waals surface area contributed by atoms with Crippen molar-refractivity contribution >= 4 is 28.6 Å². The van der Waals surface area contributed by atoms with Crippen molar-refractivity contribution in [2.24, 2.45) is 5.92 Å². The summed E-state index contributed by atoms with van der Waals surface area (Å²) >= 11 is 3.53. The number of hydrogen-bond acceptors (Lipinski definition) is 7. The van der Waals surface area contributed by atoms with Crippen LogP contribution in [0.2, 0.25) is 0 Å². The van der Waals surface area contributed by atoms with E-state index in [2.05, 4.69) is 40.7 Å². The summed E-state index contributed by atoms with van der Waals surface area (Å²) < 4.78 is 0. The van der Waals surface area contributed by atoms with Gasteiger partial charge in [-0.3, -0.25) is 4.79 Å². The molecule has 40 heavy (non-hydrogen) atoms. The van der Waals surface area contributed by atoms with Crippen LogP contribution in [0, 0.1) is 17.2 Å². The minimum absolute atomic E-state index is 0.00680. The smallest absolute Gasteiger partial charge is 0.255 e. The van der Waals surface area contributed by atoms with Crippen LogP contribution in [0.25, 0.3) is 10.6 Å². The standard InChI is InChI=1S/C32H34N4O2S2/c1-2-21(18-35-31(38)26-10-6-7-11-28(26)37)12-15-29-27(17-33)25-14-13-23(16-30(25)40-29)34-19-24-20-36-32(39-24)22-8-4-3-5-9-22/h3-11,20-21,23,34,37H,2,12-16,18-19H2,1H3,(H,35,38). The first-order valence-corrected chi connectivity index (χ1v) is 15.5. The maximum absolute atomic E-state index is 12.5. The lowest BCUT2D eigenvalue weighted by atomic mass is 9.90. The molecule has 2 atom stereocenters. The van der Waals surface area contributed by atoms with Gasteiger partial charge in [-0.2, -0.15) is 5.26 Å². The average molecular weight is 571 g/mol. The number of aryl methyl sites for hydroxylation is 1. The van der Waals surface area contributed by atoms with E-state index in [9.17, 15) is 15.2 Å². The Hall–Kier alpha value is -3.51. The van der Waals surface area contributed by atoms with E-state index in [0.29, 0.717) is 24.1 Å². The minimum atomic E-state index is -0.256. The summed E-state index contributed by atoms with van der Waals surface area (Å²) in [5.41, 5.74) is 3.57. The van der Waals surface area contributed by atoms with Gasteiger partial charge in [-0.1, -0.05) is 55.8 Å². The van der Waals surface area contributed by atoms with Crippen LogP contribution in [-0.4, -0.2) is 28.6 Å². The van der Waals surface area contributed by atoms with Crippen molar-refractivity contribution in [3.05, 3.63) is 92.1 Å². The summed E-state index contributed by atoms with van der Waals surface area (Å²) in [6, 6.07) is 19.8. The fourth-order valence-electron chi connectivity index (χ4n) is 5.25. The molecule has 0 bridgehead atoms. The second-order valence-corrected chi connectivity index (χ2v) is 12.6. The first-order chi connectivity index (χ1) is 19.6. The molecule has 6 nitrogen and oxygen atoms in total. The number of benzene rings is 2. The molecule has 2 aromatic heterocycles. The average Bonchev–Trinajstić information content (AvgIpc) is 3.61. The molecule has 1 amide bonds. The van der Waals surface area contributed by atoms with Gasteiger partial charge in [0.2, 0.25) is 0 Å². The Kier molecular flexibility index (Phi) is 9.27. The summed E-state index contributed by atoms with van der Waals surface area (Å²) in [6.45, 7) is 3.48. The molecule has 0 radical (unpaired) electrons. The van der Waals surface area contributed by atoms with Gasteiger partial charge < -0.3 is 15.7 Å². The van der Waals surface area contributed by atoms with Crippen LogP contribution in [0.15, 0.2) is 60.8 Å². The predicted octanol–water partition coefficient (Wildman–Crippen LogP) is 6.48. The zero-order chi connectivity index (χ0) is 27.9. The van der Waals surface area contributed by atoms with E-state index in [1.807, 2.05) is 24.4 Å². The van der Waals surface area contributed by atoms with Crippen LogP contribution < -0.4 is 10.6 Å². The Morgan fingerprint density at radius 1 is 1.18 bits per heavy atom. The summed E-state index contributed by atoms with van der Waals surface area (Å²) in [7, 11) is 0. The molecule has 2 unspecified atom stereocenters. The molecule has 0 aliphatic heterocycles. The molecular weight excluding hydrogens is 537 g/mol. The molecule has 0 spiro atoms. The highest BCUT2D eigenvalue weighted by molar-refractivity contribution is 7.15. The summed E-state index contributed by atoms with van der Waals surface area (Å²) in [6.07, 6.45) is 7.56. The lowest BCUT2D eigenvalue weighted by Gasteiger charge is -2.23. The molecule has 0 saturated carbocycles. The van der Waals surface area contributed by atoms with Crippen LogP contribution in [0.3, 0.4) is 0 Å². The normalized spacial score (nSPS) is 15.2. The molecule has 4 aromatic rings.